The van der Waals surface area contributed by atoms with Gasteiger partial charge in [0.15, 0.2) is 0 Å². The van der Waals surface area contributed by atoms with E-state index < -0.39 is 0 Å². The number of rotatable bonds is 5. The lowest BCUT2D eigenvalue weighted by atomic mass is 9.68. The molecule has 0 aromatic heterocycles. The Hall–Kier alpha value is -0.780. The summed E-state index contributed by atoms with van der Waals surface area (Å²) in [6.07, 6.45) is 19.1. The van der Waals surface area contributed by atoms with E-state index in [1.807, 2.05) is 0 Å². The number of hydrogen-bond donors (Lipinski definition) is 0. The second kappa shape index (κ2) is 10.0. The second-order valence-corrected chi connectivity index (χ2v) is 11.6. The smallest absolute Gasteiger partial charge is 0.0162 e. The van der Waals surface area contributed by atoms with E-state index in [4.69, 9.17) is 0 Å². The van der Waals surface area contributed by atoms with Crippen LogP contribution in [0.3, 0.4) is 0 Å². The molecule has 0 unspecified atom stereocenters. The largest absolute Gasteiger partial charge is 0.0625 e. The minimum atomic E-state index is 0.729. The van der Waals surface area contributed by atoms with Crippen molar-refractivity contribution in [2.24, 2.45) is 29.6 Å². The zero-order chi connectivity index (χ0) is 20.2. The van der Waals surface area contributed by atoms with Gasteiger partial charge >= 0.3 is 0 Å². The van der Waals surface area contributed by atoms with Crippen molar-refractivity contribution in [3.8, 4) is 0 Å². The van der Waals surface area contributed by atoms with Crippen LogP contribution in [0, 0.1) is 29.6 Å². The third kappa shape index (κ3) is 5.68. The lowest BCUT2D eigenvalue weighted by molar-refractivity contribution is 0.165. The minimum Gasteiger partial charge on any atom is -0.0625 e. The first-order valence-electron chi connectivity index (χ1n) is 13.2. The Labute approximate surface area is 181 Å². The van der Waals surface area contributed by atoms with Crippen molar-refractivity contribution in [2.75, 3.05) is 0 Å². The van der Waals surface area contributed by atoms with Crippen molar-refractivity contribution < 1.29 is 0 Å². The molecule has 0 aliphatic heterocycles. The summed E-state index contributed by atoms with van der Waals surface area (Å²) in [4.78, 5) is 0. The Morgan fingerprint density at radius 3 is 1.69 bits per heavy atom. The summed E-state index contributed by atoms with van der Waals surface area (Å²) < 4.78 is 0. The molecule has 0 saturated heterocycles. The Morgan fingerprint density at radius 1 is 0.655 bits per heavy atom. The van der Waals surface area contributed by atoms with Crippen LogP contribution in [-0.2, 0) is 0 Å². The predicted octanol–water partition coefficient (Wildman–Crippen LogP) is 9.11. The van der Waals surface area contributed by atoms with Crippen molar-refractivity contribution in [3.05, 3.63) is 35.4 Å². The van der Waals surface area contributed by atoms with E-state index in [1.165, 1.54) is 83.5 Å². The van der Waals surface area contributed by atoms with Gasteiger partial charge in [-0.1, -0.05) is 83.6 Å². The monoisotopic (exact) mass is 394 g/mol. The molecule has 3 saturated carbocycles. The SMILES string of the molecule is CC1CCC(C[C@@H](C)c2ccc(C3CCC(C4CCC(C)CC4)CC3)cc2)CC1. The van der Waals surface area contributed by atoms with Gasteiger partial charge in [-0.25, -0.2) is 0 Å². The van der Waals surface area contributed by atoms with Gasteiger partial charge in [0, 0.05) is 0 Å². The van der Waals surface area contributed by atoms with Crippen LogP contribution >= 0.6 is 0 Å². The van der Waals surface area contributed by atoms with E-state index in [-0.39, 0.29) is 0 Å². The molecule has 29 heavy (non-hydrogen) atoms. The molecule has 1 aromatic rings. The van der Waals surface area contributed by atoms with Crippen molar-refractivity contribution >= 4 is 0 Å². The molecule has 0 bridgehead atoms. The van der Waals surface area contributed by atoms with Crippen LogP contribution in [0.15, 0.2) is 24.3 Å². The molecular formula is C29H46. The van der Waals surface area contributed by atoms with Gasteiger partial charge in [0.05, 0.1) is 0 Å². The summed E-state index contributed by atoms with van der Waals surface area (Å²) in [5.74, 6) is 6.58. The third-order valence-electron chi connectivity index (χ3n) is 9.30. The zero-order valence-corrected chi connectivity index (χ0v) is 19.5. The summed E-state index contributed by atoms with van der Waals surface area (Å²) in [6, 6.07) is 9.92. The highest BCUT2D eigenvalue weighted by Gasteiger charge is 2.30. The molecule has 0 heteroatoms. The topological polar surface area (TPSA) is 0 Å². The van der Waals surface area contributed by atoms with E-state index in [0.29, 0.717) is 0 Å². The van der Waals surface area contributed by atoms with Crippen molar-refractivity contribution in [1.82, 2.24) is 0 Å². The van der Waals surface area contributed by atoms with Gasteiger partial charge in [-0.3, -0.25) is 0 Å². The van der Waals surface area contributed by atoms with Gasteiger partial charge in [-0.15, -0.1) is 0 Å². The highest BCUT2D eigenvalue weighted by atomic mass is 14.4. The molecule has 4 rings (SSSR count). The molecule has 162 valence electrons. The van der Waals surface area contributed by atoms with Crippen LogP contribution in [-0.4, -0.2) is 0 Å². The first-order chi connectivity index (χ1) is 14.1. The Balaban J connectivity index is 1.25. The third-order valence-corrected chi connectivity index (χ3v) is 9.30. The van der Waals surface area contributed by atoms with Gasteiger partial charge in [-0.05, 0) is 97.5 Å². The first-order valence-corrected chi connectivity index (χ1v) is 13.2. The van der Waals surface area contributed by atoms with Gasteiger partial charge in [0.2, 0.25) is 0 Å². The first kappa shape index (κ1) is 21.5. The van der Waals surface area contributed by atoms with Crippen LogP contribution in [0.4, 0.5) is 0 Å². The number of hydrogen-bond acceptors (Lipinski definition) is 0. The van der Waals surface area contributed by atoms with Gasteiger partial charge < -0.3 is 0 Å². The molecule has 1 aromatic carbocycles. The second-order valence-electron chi connectivity index (χ2n) is 11.6. The summed E-state index contributed by atoms with van der Waals surface area (Å²) in [7, 11) is 0. The normalized spacial score (nSPS) is 37.2. The van der Waals surface area contributed by atoms with Gasteiger partial charge in [0.25, 0.3) is 0 Å². The Bertz CT molecular complexity index is 589. The predicted molar refractivity (Wildman–Crippen MR) is 126 cm³/mol. The lowest BCUT2D eigenvalue weighted by Crippen LogP contribution is -2.24. The molecule has 0 nitrogen and oxygen atoms in total. The van der Waals surface area contributed by atoms with E-state index in [9.17, 15) is 0 Å². The van der Waals surface area contributed by atoms with Crippen molar-refractivity contribution in [2.45, 2.75) is 116 Å². The molecule has 0 radical (unpaired) electrons. The summed E-state index contributed by atoms with van der Waals surface area (Å²) in [5, 5.41) is 0. The maximum absolute atomic E-state index is 2.49. The van der Waals surface area contributed by atoms with Gasteiger partial charge in [-0.2, -0.15) is 0 Å². The molecule has 3 aliphatic rings. The van der Waals surface area contributed by atoms with Crippen molar-refractivity contribution in [1.29, 1.82) is 0 Å². The highest BCUT2D eigenvalue weighted by molar-refractivity contribution is 5.28. The average molecular weight is 395 g/mol. The van der Waals surface area contributed by atoms with E-state index in [0.717, 1.165) is 41.4 Å². The summed E-state index contributed by atoms with van der Waals surface area (Å²) in [6.45, 7) is 7.35. The van der Waals surface area contributed by atoms with E-state index in [2.05, 4.69) is 45.0 Å². The fraction of sp³-hybridized carbons (Fsp3) is 0.793. The fourth-order valence-corrected chi connectivity index (χ4v) is 6.98. The molecule has 3 aliphatic carbocycles. The quantitative estimate of drug-likeness (QED) is 0.467. The molecule has 3 fully saturated rings. The van der Waals surface area contributed by atoms with Crippen LogP contribution in [0.1, 0.15) is 127 Å². The maximum Gasteiger partial charge on any atom is -0.0162 e. The summed E-state index contributed by atoms with van der Waals surface area (Å²) in [5.41, 5.74) is 3.21. The van der Waals surface area contributed by atoms with Crippen LogP contribution in [0.2, 0.25) is 0 Å². The lowest BCUT2D eigenvalue weighted by Gasteiger charge is -2.37. The van der Waals surface area contributed by atoms with Crippen LogP contribution < -0.4 is 0 Å². The zero-order valence-electron chi connectivity index (χ0n) is 19.5. The minimum absolute atomic E-state index is 0.729. The molecule has 0 spiro atoms. The fourth-order valence-electron chi connectivity index (χ4n) is 6.98. The van der Waals surface area contributed by atoms with Crippen LogP contribution in [0.25, 0.3) is 0 Å². The number of benzene rings is 1. The van der Waals surface area contributed by atoms with Crippen LogP contribution in [0.5, 0.6) is 0 Å². The molecule has 0 heterocycles. The Kier molecular flexibility index (Phi) is 7.41. The average Bonchev–Trinajstić information content (AvgIpc) is 2.76. The van der Waals surface area contributed by atoms with E-state index >= 15 is 0 Å². The highest BCUT2D eigenvalue weighted by Crippen LogP contribution is 2.44. The van der Waals surface area contributed by atoms with Gasteiger partial charge in [0.1, 0.15) is 0 Å². The molecular weight excluding hydrogens is 348 g/mol. The Morgan fingerprint density at radius 2 is 1.14 bits per heavy atom. The maximum atomic E-state index is 2.49. The molecule has 0 amide bonds. The molecule has 0 N–H and O–H groups in total. The standard InChI is InChI=1S/C29H46/c1-21-4-8-24(9-5-21)20-23(3)25-12-14-27(15-13-25)29-18-16-28(17-19-29)26-10-6-22(2)7-11-26/h12-15,21-24,26,28-29H,4-11,16-20H2,1-3H3/t21?,22?,23-,24?,26?,28?,29?/m1/s1. The summed E-state index contributed by atoms with van der Waals surface area (Å²) >= 11 is 0. The molecule has 1 atom stereocenters. The van der Waals surface area contributed by atoms with E-state index in [1.54, 1.807) is 11.1 Å². The van der Waals surface area contributed by atoms with Crippen molar-refractivity contribution in [3.63, 3.8) is 0 Å².